The summed E-state index contributed by atoms with van der Waals surface area (Å²) in [6, 6.07) is 0. The maximum absolute atomic E-state index is 12.5. The van der Waals surface area contributed by atoms with Crippen LogP contribution in [-0.4, -0.2) is 33.8 Å². The molecule has 0 N–H and O–H groups in total. The van der Waals surface area contributed by atoms with Gasteiger partial charge in [-0.15, -0.1) is 0 Å². The van der Waals surface area contributed by atoms with Gasteiger partial charge in [-0.3, -0.25) is 0 Å². The normalized spacial score (nSPS) is 12.8. The van der Waals surface area contributed by atoms with Crippen LogP contribution in [0.25, 0.3) is 0 Å². The molecule has 1 heterocycles. The first-order chi connectivity index (χ1) is 11.4. The highest BCUT2D eigenvalue weighted by molar-refractivity contribution is 5.83. The van der Waals surface area contributed by atoms with E-state index in [1.165, 1.54) is 12.4 Å². The smallest absolute Gasteiger partial charge is 0.360 e. The summed E-state index contributed by atoms with van der Waals surface area (Å²) >= 11 is 0. The maximum atomic E-state index is 12.5. The lowest BCUT2D eigenvalue weighted by Crippen LogP contribution is -2.32. The second-order valence-electron chi connectivity index (χ2n) is 5.43. The van der Waals surface area contributed by atoms with E-state index < -0.39 is 12.0 Å². The van der Waals surface area contributed by atoms with Gasteiger partial charge in [-0.2, -0.15) is 13.2 Å². The van der Waals surface area contributed by atoms with Crippen LogP contribution in [0.3, 0.4) is 0 Å². The van der Waals surface area contributed by atoms with Crippen LogP contribution >= 0.6 is 0 Å². The predicted molar refractivity (Wildman–Crippen MR) is 89.8 cm³/mol. The molecule has 0 aliphatic carbocycles. The number of hydrogen-bond acceptors (Lipinski definition) is 3. The SMILES string of the molecule is C/C=C\N=C(CCc1cnc(C(F)(F)F)nc1)N(CCC)CCC. The molecule has 1 aromatic rings. The lowest BCUT2D eigenvalue weighted by molar-refractivity contribution is -0.145. The van der Waals surface area contributed by atoms with Crippen molar-refractivity contribution in [3.8, 4) is 0 Å². The van der Waals surface area contributed by atoms with Gasteiger partial charge < -0.3 is 4.90 Å². The Morgan fingerprint density at radius 3 is 2.21 bits per heavy atom. The van der Waals surface area contributed by atoms with Gasteiger partial charge in [0.1, 0.15) is 5.84 Å². The molecule has 0 fully saturated rings. The Kier molecular flexibility index (Phi) is 8.43. The largest absolute Gasteiger partial charge is 0.451 e. The molecule has 7 heteroatoms. The standard InChI is InChI=1S/C17H25F3N4/c1-4-9-21-15(24(10-5-2)11-6-3)8-7-14-12-22-16(23-13-14)17(18,19)20/h4,9,12-13H,5-8,10-11H2,1-3H3/b9-4-,21-15?. The van der Waals surface area contributed by atoms with Crippen LogP contribution in [-0.2, 0) is 12.6 Å². The third-order valence-corrected chi connectivity index (χ3v) is 3.32. The molecular formula is C17H25F3N4. The van der Waals surface area contributed by atoms with Gasteiger partial charge >= 0.3 is 6.18 Å². The Morgan fingerprint density at radius 1 is 1.17 bits per heavy atom. The zero-order valence-electron chi connectivity index (χ0n) is 14.5. The molecule has 0 aliphatic rings. The van der Waals surface area contributed by atoms with Crippen molar-refractivity contribution in [1.29, 1.82) is 0 Å². The minimum Gasteiger partial charge on any atom is -0.360 e. The van der Waals surface area contributed by atoms with E-state index in [9.17, 15) is 13.2 Å². The molecule has 4 nitrogen and oxygen atoms in total. The van der Waals surface area contributed by atoms with E-state index in [-0.39, 0.29) is 0 Å². The first-order valence-corrected chi connectivity index (χ1v) is 8.23. The fraction of sp³-hybridized carbons (Fsp3) is 0.588. The van der Waals surface area contributed by atoms with Crippen LogP contribution in [0.4, 0.5) is 13.2 Å². The quantitative estimate of drug-likeness (QED) is 0.516. The molecule has 0 radical (unpaired) electrons. The Labute approximate surface area is 141 Å². The van der Waals surface area contributed by atoms with Gasteiger partial charge in [-0.25, -0.2) is 15.0 Å². The molecular weight excluding hydrogens is 317 g/mol. The number of nitrogens with zero attached hydrogens (tertiary/aromatic N) is 4. The van der Waals surface area contributed by atoms with E-state index in [2.05, 4.69) is 33.7 Å². The average Bonchev–Trinajstić information content (AvgIpc) is 2.54. The summed E-state index contributed by atoms with van der Waals surface area (Å²) in [4.78, 5) is 13.5. The Hall–Kier alpha value is -1.92. The number of aliphatic imine (C=N–C) groups is 1. The van der Waals surface area contributed by atoms with Crippen molar-refractivity contribution >= 4 is 5.84 Å². The van der Waals surface area contributed by atoms with Crippen molar-refractivity contribution in [3.63, 3.8) is 0 Å². The maximum Gasteiger partial charge on any atom is 0.451 e. The molecule has 0 saturated heterocycles. The minimum absolute atomic E-state index is 0.554. The van der Waals surface area contributed by atoms with E-state index >= 15 is 0 Å². The molecule has 134 valence electrons. The first-order valence-electron chi connectivity index (χ1n) is 8.23. The van der Waals surface area contributed by atoms with Gasteiger partial charge in [0.2, 0.25) is 5.82 Å². The number of alkyl halides is 3. The predicted octanol–water partition coefficient (Wildman–Crippen LogP) is 4.48. The molecule has 0 saturated carbocycles. The molecule has 1 aromatic heterocycles. The molecule has 0 atom stereocenters. The van der Waals surface area contributed by atoms with Crippen LogP contribution in [0, 0.1) is 0 Å². The Morgan fingerprint density at radius 2 is 1.75 bits per heavy atom. The summed E-state index contributed by atoms with van der Waals surface area (Å²) in [5.41, 5.74) is 0.670. The van der Waals surface area contributed by atoms with Crippen molar-refractivity contribution in [2.24, 2.45) is 4.99 Å². The highest BCUT2D eigenvalue weighted by atomic mass is 19.4. The Balaban J connectivity index is 2.80. The van der Waals surface area contributed by atoms with Gasteiger partial charge in [0.05, 0.1) is 0 Å². The number of aromatic nitrogens is 2. The second-order valence-corrected chi connectivity index (χ2v) is 5.43. The average molecular weight is 342 g/mol. The van der Waals surface area contributed by atoms with Gasteiger partial charge in [-0.05, 0) is 31.7 Å². The summed E-state index contributed by atoms with van der Waals surface area (Å²) < 4.78 is 37.5. The van der Waals surface area contributed by atoms with Gasteiger partial charge in [-0.1, -0.05) is 19.9 Å². The van der Waals surface area contributed by atoms with E-state index in [1.54, 1.807) is 6.20 Å². The molecule has 0 bridgehead atoms. The first kappa shape index (κ1) is 20.1. The number of amidine groups is 1. The third-order valence-electron chi connectivity index (χ3n) is 3.32. The Bertz CT molecular complexity index is 530. The van der Waals surface area contributed by atoms with Gasteiger partial charge in [0, 0.05) is 38.1 Å². The number of hydrogen-bond donors (Lipinski definition) is 0. The summed E-state index contributed by atoms with van der Waals surface area (Å²) in [5.74, 6) is -0.163. The molecule has 0 spiro atoms. The highest BCUT2D eigenvalue weighted by Crippen LogP contribution is 2.25. The van der Waals surface area contributed by atoms with Crippen molar-refractivity contribution in [2.45, 2.75) is 52.6 Å². The number of rotatable bonds is 8. The number of aryl methyl sites for hydroxylation is 1. The van der Waals surface area contributed by atoms with Crippen molar-refractivity contribution in [1.82, 2.24) is 14.9 Å². The number of halogens is 3. The van der Waals surface area contributed by atoms with E-state index in [1.807, 2.05) is 13.0 Å². The lowest BCUT2D eigenvalue weighted by Gasteiger charge is -2.25. The van der Waals surface area contributed by atoms with Crippen LogP contribution in [0.5, 0.6) is 0 Å². The molecule has 24 heavy (non-hydrogen) atoms. The fourth-order valence-electron chi connectivity index (χ4n) is 2.26. The van der Waals surface area contributed by atoms with E-state index in [0.29, 0.717) is 18.4 Å². The van der Waals surface area contributed by atoms with Crippen molar-refractivity contribution < 1.29 is 13.2 Å². The van der Waals surface area contributed by atoms with Crippen LogP contribution < -0.4 is 0 Å². The summed E-state index contributed by atoms with van der Waals surface area (Å²) in [5, 5.41) is 0. The minimum atomic E-state index is -4.50. The van der Waals surface area contributed by atoms with Crippen LogP contribution in [0.1, 0.15) is 51.4 Å². The van der Waals surface area contributed by atoms with Crippen molar-refractivity contribution in [2.75, 3.05) is 13.1 Å². The number of allylic oxidation sites excluding steroid dienone is 1. The second kappa shape index (κ2) is 10.1. The summed E-state index contributed by atoms with van der Waals surface area (Å²) in [6.45, 7) is 7.94. The van der Waals surface area contributed by atoms with E-state index in [0.717, 1.165) is 31.8 Å². The third kappa shape index (κ3) is 6.68. The van der Waals surface area contributed by atoms with Crippen LogP contribution in [0.15, 0.2) is 29.7 Å². The summed E-state index contributed by atoms with van der Waals surface area (Å²) in [7, 11) is 0. The van der Waals surface area contributed by atoms with Gasteiger partial charge in [0.15, 0.2) is 0 Å². The molecule has 1 rings (SSSR count). The van der Waals surface area contributed by atoms with Gasteiger partial charge in [0.25, 0.3) is 0 Å². The van der Waals surface area contributed by atoms with Crippen LogP contribution in [0.2, 0.25) is 0 Å². The zero-order chi connectivity index (χ0) is 18.0. The molecule has 0 amide bonds. The topological polar surface area (TPSA) is 41.4 Å². The monoisotopic (exact) mass is 342 g/mol. The van der Waals surface area contributed by atoms with E-state index in [4.69, 9.17) is 0 Å². The summed E-state index contributed by atoms with van der Waals surface area (Å²) in [6.07, 6.45) is 4.80. The highest BCUT2D eigenvalue weighted by Gasteiger charge is 2.34. The lowest BCUT2D eigenvalue weighted by atomic mass is 10.1. The molecule has 0 aromatic carbocycles. The van der Waals surface area contributed by atoms with Crippen molar-refractivity contribution in [3.05, 3.63) is 36.1 Å². The fourth-order valence-corrected chi connectivity index (χ4v) is 2.26. The molecule has 0 aliphatic heterocycles. The molecule has 0 unspecified atom stereocenters. The zero-order valence-corrected chi connectivity index (χ0v) is 14.5.